The highest BCUT2D eigenvalue weighted by atomic mass is 35.5. The fraction of sp³-hybridized carbons (Fsp3) is 0.188. The molecule has 0 saturated heterocycles. The Morgan fingerprint density at radius 2 is 2.17 bits per heavy atom. The molecule has 124 valence electrons. The number of amides is 1. The zero-order valence-corrected chi connectivity index (χ0v) is 15.1. The van der Waals surface area contributed by atoms with E-state index in [2.05, 4.69) is 15.4 Å². The Hall–Kier alpha value is -1.89. The van der Waals surface area contributed by atoms with Crippen molar-refractivity contribution in [3.8, 4) is 0 Å². The molecule has 0 aliphatic heterocycles. The van der Waals surface area contributed by atoms with Crippen LogP contribution in [0.25, 0.3) is 0 Å². The van der Waals surface area contributed by atoms with Gasteiger partial charge in [-0.1, -0.05) is 35.3 Å². The molecule has 5 nitrogen and oxygen atoms in total. The summed E-state index contributed by atoms with van der Waals surface area (Å²) in [6.45, 7) is 2.08. The van der Waals surface area contributed by atoms with Crippen LogP contribution in [0.5, 0.6) is 0 Å². The van der Waals surface area contributed by atoms with E-state index in [4.69, 9.17) is 23.2 Å². The largest absolute Gasteiger partial charge is 0.300 e. The van der Waals surface area contributed by atoms with E-state index >= 15 is 0 Å². The highest BCUT2D eigenvalue weighted by Crippen LogP contribution is 2.29. The molecule has 2 aromatic heterocycles. The van der Waals surface area contributed by atoms with Crippen molar-refractivity contribution in [1.82, 2.24) is 14.8 Å². The summed E-state index contributed by atoms with van der Waals surface area (Å²) in [6, 6.07) is 5.54. The number of benzene rings is 1. The maximum Gasteiger partial charge on any atom is 0.247 e. The van der Waals surface area contributed by atoms with Crippen LogP contribution in [0.4, 0.5) is 5.13 Å². The molecule has 8 heteroatoms. The topological polar surface area (TPSA) is 59.8 Å². The molecule has 0 atom stereocenters. The molecule has 0 fully saturated rings. The average Bonchev–Trinajstić information content (AvgIpc) is 3.13. The van der Waals surface area contributed by atoms with Crippen LogP contribution in [-0.4, -0.2) is 20.7 Å². The Kier molecular flexibility index (Phi) is 5.18. The Morgan fingerprint density at radius 3 is 2.92 bits per heavy atom. The molecule has 1 aromatic carbocycles. The van der Waals surface area contributed by atoms with Crippen molar-refractivity contribution in [1.29, 1.82) is 0 Å². The third-order valence-corrected chi connectivity index (χ3v) is 5.03. The van der Waals surface area contributed by atoms with E-state index in [-0.39, 0.29) is 12.5 Å². The van der Waals surface area contributed by atoms with E-state index in [1.807, 2.05) is 25.3 Å². The summed E-state index contributed by atoms with van der Waals surface area (Å²) in [6.07, 6.45) is 5.87. The maximum atomic E-state index is 12.0. The van der Waals surface area contributed by atoms with Gasteiger partial charge in [-0.15, -0.1) is 11.3 Å². The molecule has 1 N–H and O–H groups in total. The Bertz CT molecular complexity index is 875. The van der Waals surface area contributed by atoms with Crippen LogP contribution in [0.3, 0.4) is 0 Å². The molecule has 3 rings (SSSR count). The van der Waals surface area contributed by atoms with E-state index in [1.165, 1.54) is 11.3 Å². The number of carbonyl (C=O) groups is 1. The number of aryl methyl sites for hydroxylation is 1. The second kappa shape index (κ2) is 7.34. The molecule has 1 amide bonds. The van der Waals surface area contributed by atoms with Gasteiger partial charge in [-0.2, -0.15) is 5.10 Å². The fourth-order valence-corrected chi connectivity index (χ4v) is 3.42. The molecule has 0 saturated carbocycles. The number of nitrogens with one attached hydrogen (secondary N) is 1. The summed E-state index contributed by atoms with van der Waals surface area (Å²) >= 11 is 13.6. The second-order valence-electron chi connectivity index (χ2n) is 5.28. The number of aromatic nitrogens is 3. The first kappa shape index (κ1) is 17.0. The number of rotatable bonds is 5. The number of thiazole rings is 1. The van der Waals surface area contributed by atoms with Crippen LogP contribution in [0.1, 0.15) is 16.0 Å². The van der Waals surface area contributed by atoms with Crippen LogP contribution >= 0.6 is 34.5 Å². The van der Waals surface area contributed by atoms with Gasteiger partial charge in [-0.05, 0) is 24.1 Å². The molecule has 0 unspecified atom stereocenters. The molecule has 0 radical (unpaired) electrons. The van der Waals surface area contributed by atoms with Gasteiger partial charge in [0, 0.05) is 23.7 Å². The van der Waals surface area contributed by atoms with E-state index in [1.54, 1.807) is 23.1 Å². The van der Waals surface area contributed by atoms with Crippen LogP contribution in [0, 0.1) is 6.92 Å². The lowest BCUT2D eigenvalue weighted by Gasteiger charge is -2.03. The first-order chi connectivity index (χ1) is 11.5. The molecule has 0 spiro atoms. The van der Waals surface area contributed by atoms with Crippen molar-refractivity contribution in [3.05, 3.63) is 62.8 Å². The van der Waals surface area contributed by atoms with Crippen molar-refractivity contribution >= 4 is 45.6 Å². The molecule has 2 heterocycles. The molecule has 24 heavy (non-hydrogen) atoms. The van der Waals surface area contributed by atoms with Gasteiger partial charge in [0.1, 0.15) is 6.54 Å². The van der Waals surface area contributed by atoms with Gasteiger partial charge in [-0.25, -0.2) is 4.98 Å². The lowest BCUT2D eigenvalue weighted by Crippen LogP contribution is -2.18. The zero-order chi connectivity index (χ0) is 17.1. The minimum Gasteiger partial charge on any atom is -0.300 e. The highest BCUT2D eigenvalue weighted by Gasteiger charge is 2.10. The van der Waals surface area contributed by atoms with E-state index < -0.39 is 0 Å². The van der Waals surface area contributed by atoms with E-state index in [0.29, 0.717) is 21.6 Å². The second-order valence-corrected chi connectivity index (χ2v) is 7.19. The zero-order valence-electron chi connectivity index (χ0n) is 12.8. The monoisotopic (exact) mass is 380 g/mol. The van der Waals surface area contributed by atoms with Gasteiger partial charge < -0.3 is 5.32 Å². The number of nitrogens with zero attached hydrogens (tertiary/aromatic N) is 3. The maximum absolute atomic E-state index is 12.0. The van der Waals surface area contributed by atoms with Gasteiger partial charge in [0.25, 0.3) is 0 Å². The quantitative estimate of drug-likeness (QED) is 0.721. The van der Waals surface area contributed by atoms with Crippen molar-refractivity contribution in [3.63, 3.8) is 0 Å². The summed E-state index contributed by atoms with van der Waals surface area (Å²) in [7, 11) is 0. The van der Waals surface area contributed by atoms with Gasteiger partial charge in [-0.3, -0.25) is 9.48 Å². The van der Waals surface area contributed by atoms with Crippen molar-refractivity contribution in [2.75, 3.05) is 5.32 Å². The van der Waals surface area contributed by atoms with Gasteiger partial charge in [0.15, 0.2) is 5.13 Å². The number of carbonyl (C=O) groups excluding carboxylic acids is 1. The number of hydrogen-bond acceptors (Lipinski definition) is 4. The van der Waals surface area contributed by atoms with Crippen LogP contribution in [0.15, 0.2) is 36.8 Å². The lowest BCUT2D eigenvalue weighted by molar-refractivity contribution is -0.116. The van der Waals surface area contributed by atoms with Crippen LogP contribution in [0.2, 0.25) is 10.0 Å². The predicted molar refractivity (Wildman–Crippen MR) is 97.0 cm³/mol. The summed E-state index contributed by atoms with van der Waals surface area (Å²) in [5.74, 6) is -0.167. The lowest BCUT2D eigenvalue weighted by atomic mass is 10.1. The molecule has 0 aliphatic rings. The average molecular weight is 381 g/mol. The summed E-state index contributed by atoms with van der Waals surface area (Å²) in [5, 5.41) is 8.50. The number of anilines is 1. The first-order valence-electron chi connectivity index (χ1n) is 7.18. The molecular formula is C16H14Cl2N4OS. The SMILES string of the molecule is Cc1cnn(CC(=O)Nc2ncc(Cc3cccc(Cl)c3Cl)s2)c1. The Balaban J connectivity index is 1.63. The minimum absolute atomic E-state index is 0.156. The predicted octanol–water partition coefficient (Wildman–Crippen LogP) is 4.18. The van der Waals surface area contributed by atoms with Crippen molar-refractivity contribution < 1.29 is 4.79 Å². The smallest absolute Gasteiger partial charge is 0.247 e. The Morgan fingerprint density at radius 1 is 1.33 bits per heavy atom. The molecule has 0 aliphatic carbocycles. The van der Waals surface area contributed by atoms with E-state index in [9.17, 15) is 4.79 Å². The van der Waals surface area contributed by atoms with Crippen LogP contribution in [-0.2, 0) is 17.8 Å². The molecular weight excluding hydrogens is 367 g/mol. The van der Waals surface area contributed by atoms with Crippen molar-refractivity contribution in [2.45, 2.75) is 19.9 Å². The van der Waals surface area contributed by atoms with Crippen molar-refractivity contribution in [2.24, 2.45) is 0 Å². The number of halogens is 2. The summed E-state index contributed by atoms with van der Waals surface area (Å²) in [5.41, 5.74) is 1.94. The minimum atomic E-state index is -0.167. The standard InChI is InChI=1S/C16H14Cl2N4OS/c1-10-6-20-22(8-10)9-14(23)21-16-19-7-12(24-16)5-11-3-2-4-13(17)15(11)18/h2-4,6-8H,5,9H2,1H3,(H,19,21,23). The summed E-state index contributed by atoms with van der Waals surface area (Å²) < 4.78 is 1.59. The first-order valence-corrected chi connectivity index (χ1v) is 8.75. The van der Waals surface area contributed by atoms with E-state index in [0.717, 1.165) is 16.0 Å². The van der Waals surface area contributed by atoms with Crippen LogP contribution < -0.4 is 5.32 Å². The highest BCUT2D eigenvalue weighted by molar-refractivity contribution is 7.15. The molecule has 3 aromatic rings. The van der Waals surface area contributed by atoms with Gasteiger partial charge in [0.05, 0.1) is 16.2 Å². The van der Waals surface area contributed by atoms with Gasteiger partial charge in [0.2, 0.25) is 5.91 Å². The third kappa shape index (κ3) is 4.14. The summed E-state index contributed by atoms with van der Waals surface area (Å²) in [4.78, 5) is 17.2. The molecule has 0 bridgehead atoms. The normalized spacial score (nSPS) is 10.8. The Labute approximate surface area is 153 Å². The fourth-order valence-electron chi connectivity index (χ4n) is 2.18. The number of hydrogen-bond donors (Lipinski definition) is 1. The third-order valence-electron chi connectivity index (χ3n) is 3.26. The van der Waals surface area contributed by atoms with Gasteiger partial charge >= 0.3 is 0 Å².